The van der Waals surface area contributed by atoms with E-state index in [1.807, 2.05) is 6.07 Å². The number of hydrogen-bond acceptors (Lipinski definition) is 4. The van der Waals surface area contributed by atoms with Gasteiger partial charge in [-0.25, -0.2) is 0 Å². The van der Waals surface area contributed by atoms with Gasteiger partial charge in [0.05, 0.1) is 0 Å². The normalized spacial score (nSPS) is 14.4. The standard InChI is InChI=1S/C17H16ClNO3/c1-12(20)17(22-2,14-8-10-15(18)11-9-14)16(19-21)13-6-4-3-5-7-13/h3-11,21H,1-2H3. The molecule has 0 radical (unpaired) electrons. The molecule has 0 aliphatic heterocycles. The van der Waals surface area contributed by atoms with Gasteiger partial charge in [-0.05, 0) is 24.6 Å². The molecule has 0 saturated carbocycles. The van der Waals surface area contributed by atoms with Gasteiger partial charge in [0.15, 0.2) is 11.4 Å². The second-order valence-corrected chi connectivity index (χ2v) is 5.20. The van der Waals surface area contributed by atoms with Crippen molar-refractivity contribution in [3.63, 3.8) is 0 Å². The summed E-state index contributed by atoms with van der Waals surface area (Å²) in [5.74, 6) is -0.297. The molecule has 2 aromatic rings. The number of Topliss-reactive ketones (excluding diaryl/α,β-unsaturated/α-hetero) is 1. The Labute approximate surface area is 134 Å². The summed E-state index contributed by atoms with van der Waals surface area (Å²) < 4.78 is 5.55. The predicted octanol–water partition coefficient (Wildman–Crippen LogP) is 3.65. The van der Waals surface area contributed by atoms with Crippen molar-refractivity contribution in [2.75, 3.05) is 7.11 Å². The van der Waals surface area contributed by atoms with Gasteiger partial charge in [0.1, 0.15) is 5.71 Å². The lowest BCUT2D eigenvalue weighted by Crippen LogP contribution is -2.45. The van der Waals surface area contributed by atoms with Crippen molar-refractivity contribution in [1.29, 1.82) is 0 Å². The monoisotopic (exact) mass is 317 g/mol. The first-order valence-corrected chi connectivity index (χ1v) is 7.04. The van der Waals surface area contributed by atoms with Crippen LogP contribution in [-0.2, 0) is 15.1 Å². The number of nitrogens with zero attached hydrogens (tertiary/aromatic N) is 1. The molecule has 0 aromatic heterocycles. The molecule has 5 heteroatoms. The summed E-state index contributed by atoms with van der Waals surface area (Å²) in [7, 11) is 1.41. The first kappa shape index (κ1) is 16.2. The van der Waals surface area contributed by atoms with Crippen molar-refractivity contribution >= 4 is 23.1 Å². The molecule has 1 N–H and O–H groups in total. The van der Waals surface area contributed by atoms with Crippen LogP contribution < -0.4 is 0 Å². The topological polar surface area (TPSA) is 58.9 Å². The van der Waals surface area contributed by atoms with Gasteiger partial charge >= 0.3 is 0 Å². The zero-order valence-electron chi connectivity index (χ0n) is 12.3. The molecular weight excluding hydrogens is 302 g/mol. The van der Waals surface area contributed by atoms with Gasteiger partial charge in [0.25, 0.3) is 0 Å². The van der Waals surface area contributed by atoms with Crippen molar-refractivity contribution in [3.05, 3.63) is 70.7 Å². The Hall–Kier alpha value is -2.17. The average Bonchev–Trinajstić information content (AvgIpc) is 2.54. The molecule has 0 aliphatic carbocycles. The van der Waals surface area contributed by atoms with Crippen LogP contribution in [-0.4, -0.2) is 23.8 Å². The second kappa shape index (κ2) is 6.73. The number of ether oxygens (including phenoxy) is 1. The third kappa shape index (κ3) is 2.75. The molecule has 0 spiro atoms. The quantitative estimate of drug-likeness (QED) is 0.520. The molecule has 4 nitrogen and oxygen atoms in total. The number of hydrogen-bond donors (Lipinski definition) is 1. The molecule has 0 aliphatic rings. The molecule has 114 valence electrons. The van der Waals surface area contributed by atoms with Crippen molar-refractivity contribution < 1.29 is 14.7 Å². The fraction of sp³-hybridized carbons (Fsp3) is 0.176. The highest BCUT2D eigenvalue weighted by atomic mass is 35.5. The molecule has 0 heterocycles. The van der Waals surface area contributed by atoms with E-state index >= 15 is 0 Å². The van der Waals surface area contributed by atoms with Crippen LogP contribution >= 0.6 is 11.6 Å². The van der Waals surface area contributed by atoms with Crippen LogP contribution in [0.3, 0.4) is 0 Å². The summed E-state index contributed by atoms with van der Waals surface area (Å²) in [5.41, 5.74) is -0.230. The fourth-order valence-electron chi connectivity index (χ4n) is 2.48. The maximum Gasteiger partial charge on any atom is 0.196 e. The highest BCUT2D eigenvalue weighted by Gasteiger charge is 2.44. The van der Waals surface area contributed by atoms with Crippen LogP contribution in [0.5, 0.6) is 0 Å². The van der Waals surface area contributed by atoms with E-state index in [0.717, 1.165) is 0 Å². The van der Waals surface area contributed by atoms with Crippen LogP contribution in [0.2, 0.25) is 5.02 Å². The van der Waals surface area contributed by atoms with Gasteiger partial charge in [0, 0.05) is 17.7 Å². The van der Waals surface area contributed by atoms with Crippen LogP contribution in [0, 0.1) is 0 Å². The summed E-state index contributed by atoms with van der Waals surface area (Å²) in [5, 5.41) is 13.4. The van der Waals surface area contributed by atoms with Crippen LogP contribution in [0.15, 0.2) is 59.8 Å². The minimum Gasteiger partial charge on any atom is -0.411 e. The lowest BCUT2D eigenvalue weighted by atomic mass is 9.82. The van der Waals surface area contributed by atoms with E-state index in [9.17, 15) is 10.0 Å². The largest absolute Gasteiger partial charge is 0.411 e. The Morgan fingerprint density at radius 2 is 1.73 bits per heavy atom. The fourth-order valence-corrected chi connectivity index (χ4v) is 2.60. The minimum atomic E-state index is -1.50. The summed E-state index contributed by atoms with van der Waals surface area (Å²) in [6.45, 7) is 1.40. The zero-order chi connectivity index (χ0) is 16.2. The first-order chi connectivity index (χ1) is 10.6. The molecule has 0 amide bonds. The van der Waals surface area contributed by atoms with E-state index in [2.05, 4.69) is 5.16 Å². The SMILES string of the molecule is COC(C(C)=O)(C(=NO)c1ccccc1)c1ccc(Cl)cc1. The summed E-state index contributed by atoms with van der Waals surface area (Å²) in [6, 6.07) is 15.6. The number of oxime groups is 1. The smallest absolute Gasteiger partial charge is 0.196 e. The van der Waals surface area contributed by atoms with Crippen LogP contribution in [0.1, 0.15) is 18.1 Å². The number of methoxy groups -OCH3 is 1. The molecule has 1 unspecified atom stereocenters. The lowest BCUT2D eigenvalue weighted by molar-refractivity contribution is -0.132. The van der Waals surface area contributed by atoms with Gasteiger partial charge in [0.2, 0.25) is 0 Å². The Kier molecular flexibility index (Phi) is 4.96. The van der Waals surface area contributed by atoms with Gasteiger partial charge < -0.3 is 9.94 Å². The minimum absolute atomic E-state index is 0.130. The molecule has 0 fully saturated rings. The number of halogens is 1. The Bertz CT molecular complexity index is 683. The molecule has 0 saturated heterocycles. The summed E-state index contributed by atoms with van der Waals surface area (Å²) >= 11 is 5.91. The molecular formula is C17H16ClNO3. The third-order valence-corrected chi connectivity index (χ3v) is 3.79. The predicted molar refractivity (Wildman–Crippen MR) is 85.6 cm³/mol. The molecule has 1 atom stereocenters. The third-order valence-electron chi connectivity index (χ3n) is 3.53. The molecule has 2 rings (SSSR count). The number of carbonyl (C=O) groups excluding carboxylic acids is 1. The van der Waals surface area contributed by atoms with E-state index in [1.54, 1.807) is 48.5 Å². The zero-order valence-corrected chi connectivity index (χ0v) is 13.0. The van der Waals surface area contributed by atoms with Crippen molar-refractivity contribution in [3.8, 4) is 0 Å². The van der Waals surface area contributed by atoms with Crippen LogP contribution in [0.4, 0.5) is 0 Å². The first-order valence-electron chi connectivity index (χ1n) is 6.66. The van der Waals surface area contributed by atoms with E-state index in [4.69, 9.17) is 16.3 Å². The van der Waals surface area contributed by atoms with Crippen molar-refractivity contribution in [1.82, 2.24) is 0 Å². The second-order valence-electron chi connectivity index (χ2n) is 4.76. The highest BCUT2D eigenvalue weighted by Crippen LogP contribution is 2.32. The van der Waals surface area contributed by atoms with E-state index in [0.29, 0.717) is 16.1 Å². The molecule has 2 aromatic carbocycles. The number of rotatable bonds is 5. The lowest BCUT2D eigenvalue weighted by Gasteiger charge is -2.31. The van der Waals surface area contributed by atoms with Crippen molar-refractivity contribution in [2.45, 2.75) is 12.5 Å². The van der Waals surface area contributed by atoms with Crippen molar-refractivity contribution in [2.24, 2.45) is 5.16 Å². The number of carbonyl (C=O) groups is 1. The van der Waals surface area contributed by atoms with E-state index in [-0.39, 0.29) is 11.5 Å². The van der Waals surface area contributed by atoms with Gasteiger partial charge in [-0.15, -0.1) is 0 Å². The number of ketones is 1. The maximum atomic E-state index is 12.4. The molecule has 22 heavy (non-hydrogen) atoms. The maximum absolute atomic E-state index is 12.4. The highest BCUT2D eigenvalue weighted by molar-refractivity contribution is 6.30. The Balaban J connectivity index is 2.68. The van der Waals surface area contributed by atoms with E-state index in [1.165, 1.54) is 14.0 Å². The van der Waals surface area contributed by atoms with Gasteiger partial charge in [-0.1, -0.05) is 59.2 Å². The Morgan fingerprint density at radius 1 is 1.14 bits per heavy atom. The summed E-state index contributed by atoms with van der Waals surface area (Å²) in [4.78, 5) is 12.4. The number of benzene rings is 2. The van der Waals surface area contributed by atoms with Crippen LogP contribution in [0.25, 0.3) is 0 Å². The van der Waals surface area contributed by atoms with E-state index < -0.39 is 5.60 Å². The Morgan fingerprint density at radius 3 is 2.18 bits per heavy atom. The summed E-state index contributed by atoms with van der Waals surface area (Å²) in [6.07, 6.45) is 0. The molecule has 0 bridgehead atoms. The average molecular weight is 318 g/mol. The van der Waals surface area contributed by atoms with Gasteiger partial charge in [-0.2, -0.15) is 0 Å². The van der Waals surface area contributed by atoms with Gasteiger partial charge in [-0.3, -0.25) is 4.79 Å².